The number of nitrogens with one attached hydrogen (secondary N) is 1. The van der Waals surface area contributed by atoms with Crippen LogP contribution in [0.2, 0.25) is 0 Å². The second kappa shape index (κ2) is 5.10. The van der Waals surface area contributed by atoms with E-state index in [2.05, 4.69) is 35.1 Å². The Hall–Kier alpha value is -1.38. The highest BCUT2D eigenvalue weighted by atomic mass is 35.5. The highest BCUT2D eigenvalue weighted by Gasteiger charge is 1.97. The average Bonchev–Trinajstić information content (AvgIpc) is 2.28. The Kier molecular flexibility index (Phi) is 3.54. The van der Waals surface area contributed by atoms with Gasteiger partial charge in [-0.1, -0.05) is 30.3 Å². The first-order valence-electron chi connectivity index (χ1n) is 5.13. The molecule has 0 aliphatic carbocycles. The molecule has 1 aromatic heterocycles. The summed E-state index contributed by atoms with van der Waals surface area (Å²) in [5.41, 5.74) is 2.24. The van der Waals surface area contributed by atoms with Gasteiger partial charge in [-0.3, -0.25) is 4.98 Å². The number of rotatable bonds is 4. The van der Waals surface area contributed by atoms with E-state index in [4.69, 9.17) is 11.6 Å². The van der Waals surface area contributed by atoms with Crippen molar-refractivity contribution in [2.24, 2.45) is 0 Å². The number of halogens is 1. The van der Waals surface area contributed by atoms with Crippen molar-refractivity contribution in [3.63, 3.8) is 0 Å². The number of fused-ring (bicyclic) bond motifs is 1. The van der Waals surface area contributed by atoms with Crippen LogP contribution in [0.25, 0.3) is 10.9 Å². The molecule has 16 heavy (non-hydrogen) atoms. The predicted molar refractivity (Wildman–Crippen MR) is 68.4 cm³/mol. The largest absolute Gasteiger partial charge is 0.308 e. The van der Waals surface area contributed by atoms with Crippen LogP contribution in [0.4, 0.5) is 0 Å². The Bertz CT molecular complexity index is 508. The van der Waals surface area contributed by atoms with E-state index in [1.54, 1.807) is 6.20 Å². The molecule has 0 aliphatic heterocycles. The summed E-state index contributed by atoms with van der Waals surface area (Å²) in [6.45, 7) is 5.05. The lowest BCUT2D eigenvalue weighted by Gasteiger charge is -2.04. The highest BCUT2D eigenvalue weighted by molar-refractivity contribution is 6.29. The maximum absolute atomic E-state index is 5.67. The van der Waals surface area contributed by atoms with Gasteiger partial charge in [0.1, 0.15) is 0 Å². The van der Waals surface area contributed by atoms with Gasteiger partial charge >= 0.3 is 0 Å². The van der Waals surface area contributed by atoms with E-state index >= 15 is 0 Å². The van der Waals surface area contributed by atoms with Crippen molar-refractivity contribution in [3.05, 3.63) is 53.7 Å². The second-order valence-electron chi connectivity index (χ2n) is 3.65. The van der Waals surface area contributed by atoms with Crippen molar-refractivity contribution in [1.82, 2.24) is 10.3 Å². The first kappa shape index (κ1) is 11.1. The molecule has 1 aromatic carbocycles. The minimum absolute atomic E-state index is 0.627. The molecule has 1 N–H and O–H groups in total. The zero-order valence-corrected chi connectivity index (χ0v) is 9.67. The molecule has 0 saturated carbocycles. The molecule has 0 bridgehead atoms. The van der Waals surface area contributed by atoms with E-state index in [0.717, 1.165) is 17.4 Å². The normalized spacial score (nSPS) is 10.6. The Balaban J connectivity index is 2.10. The highest BCUT2D eigenvalue weighted by Crippen LogP contribution is 2.13. The van der Waals surface area contributed by atoms with Gasteiger partial charge in [0, 0.05) is 29.7 Å². The van der Waals surface area contributed by atoms with Crippen LogP contribution >= 0.6 is 11.6 Å². The zero-order chi connectivity index (χ0) is 11.4. The maximum atomic E-state index is 5.67. The molecule has 2 nitrogen and oxygen atoms in total. The molecule has 0 fully saturated rings. The molecule has 3 heteroatoms. The lowest BCUT2D eigenvalue weighted by molar-refractivity contribution is 0.756. The van der Waals surface area contributed by atoms with E-state index in [1.165, 1.54) is 5.56 Å². The van der Waals surface area contributed by atoms with Crippen LogP contribution < -0.4 is 5.32 Å². The lowest BCUT2D eigenvalue weighted by Crippen LogP contribution is -2.14. The number of pyridine rings is 1. The molecule has 0 saturated heterocycles. The number of benzene rings is 1. The summed E-state index contributed by atoms with van der Waals surface area (Å²) >= 11 is 5.67. The third kappa shape index (κ3) is 2.81. The summed E-state index contributed by atoms with van der Waals surface area (Å²) in [7, 11) is 0. The molecule has 82 valence electrons. The lowest BCUT2D eigenvalue weighted by atomic mass is 10.1. The first-order valence-corrected chi connectivity index (χ1v) is 5.51. The average molecular weight is 233 g/mol. The quantitative estimate of drug-likeness (QED) is 0.877. The van der Waals surface area contributed by atoms with Gasteiger partial charge in [0.2, 0.25) is 0 Å². The zero-order valence-electron chi connectivity index (χ0n) is 8.91. The summed E-state index contributed by atoms with van der Waals surface area (Å²) in [6.07, 6.45) is 1.80. The summed E-state index contributed by atoms with van der Waals surface area (Å²) < 4.78 is 0. The Labute approximate surface area is 100.0 Å². The molecule has 0 radical (unpaired) electrons. The van der Waals surface area contributed by atoms with E-state index in [1.807, 2.05) is 12.1 Å². The van der Waals surface area contributed by atoms with Crippen LogP contribution in [0.5, 0.6) is 0 Å². The van der Waals surface area contributed by atoms with E-state index in [-0.39, 0.29) is 0 Å². The van der Waals surface area contributed by atoms with Crippen LogP contribution in [0.1, 0.15) is 5.56 Å². The van der Waals surface area contributed by atoms with Crippen LogP contribution in [0.3, 0.4) is 0 Å². The standard InChI is InChI=1S/C13H13ClN2/c1-10(14)8-15-9-11-4-5-13-12(7-11)3-2-6-16-13/h2-7,15H,1,8-9H2. The molecule has 1 heterocycles. The van der Waals surface area contributed by atoms with Crippen LogP contribution in [-0.2, 0) is 6.54 Å². The van der Waals surface area contributed by atoms with Crippen molar-refractivity contribution in [2.45, 2.75) is 6.54 Å². The third-order valence-electron chi connectivity index (χ3n) is 2.31. The Morgan fingerprint density at radius 3 is 3.06 bits per heavy atom. The molecule has 0 unspecified atom stereocenters. The van der Waals surface area contributed by atoms with Crippen LogP contribution in [0.15, 0.2) is 48.1 Å². The van der Waals surface area contributed by atoms with Crippen molar-refractivity contribution in [2.75, 3.05) is 6.54 Å². The molecule has 0 aliphatic rings. The summed E-state index contributed by atoms with van der Waals surface area (Å²) in [6, 6.07) is 10.2. The minimum atomic E-state index is 0.627. The van der Waals surface area contributed by atoms with Crippen molar-refractivity contribution < 1.29 is 0 Å². The van der Waals surface area contributed by atoms with Gasteiger partial charge < -0.3 is 5.32 Å². The van der Waals surface area contributed by atoms with Crippen LogP contribution in [-0.4, -0.2) is 11.5 Å². The van der Waals surface area contributed by atoms with E-state index in [0.29, 0.717) is 11.6 Å². The monoisotopic (exact) mass is 232 g/mol. The molecule has 2 rings (SSSR count). The van der Waals surface area contributed by atoms with Gasteiger partial charge in [-0.25, -0.2) is 0 Å². The van der Waals surface area contributed by atoms with E-state index in [9.17, 15) is 0 Å². The van der Waals surface area contributed by atoms with Crippen molar-refractivity contribution in [3.8, 4) is 0 Å². The third-order valence-corrected chi connectivity index (χ3v) is 2.45. The predicted octanol–water partition coefficient (Wildman–Crippen LogP) is 3.08. The van der Waals surface area contributed by atoms with Gasteiger partial charge in [-0.2, -0.15) is 0 Å². The Morgan fingerprint density at radius 1 is 1.38 bits per heavy atom. The van der Waals surface area contributed by atoms with Gasteiger partial charge in [-0.15, -0.1) is 0 Å². The molecular weight excluding hydrogens is 220 g/mol. The fraction of sp³-hybridized carbons (Fsp3) is 0.154. The molecule has 2 aromatic rings. The second-order valence-corrected chi connectivity index (χ2v) is 4.19. The first-order chi connectivity index (χ1) is 7.75. The minimum Gasteiger partial charge on any atom is -0.308 e. The number of aromatic nitrogens is 1. The smallest absolute Gasteiger partial charge is 0.0702 e. The fourth-order valence-electron chi connectivity index (χ4n) is 1.58. The SMILES string of the molecule is C=C(Cl)CNCc1ccc2ncccc2c1. The Morgan fingerprint density at radius 2 is 2.25 bits per heavy atom. The molecular formula is C13H13ClN2. The topological polar surface area (TPSA) is 24.9 Å². The van der Waals surface area contributed by atoms with Crippen LogP contribution in [0, 0.1) is 0 Å². The molecule has 0 atom stereocenters. The maximum Gasteiger partial charge on any atom is 0.0702 e. The van der Waals surface area contributed by atoms with Crippen molar-refractivity contribution in [1.29, 1.82) is 0 Å². The fourth-order valence-corrected chi connectivity index (χ4v) is 1.67. The van der Waals surface area contributed by atoms with Gasteiger partial charge in [0.05, 0.1) is 5.52 Å². The van der Waals surface area contributed by atoms with E-state index < -0.39 is 0 Å². The van der Waals surface area contributed by atoms with Crippen molar-refractivity contribution >= 4 is 22.5 Å². The summed E-state index contributed by atoms with van der Waals surface area (Å²) in [5, 5.41) is 5.00. The molecule has 0 amide bonds. The molecule has 0 spiro atoms. The summed E-state index contributed by atoms with van der Waals surface area (Å²) in [5.74, 6) is 0. The van der Waals surface area contributed by atoms with Gasteiger partial charge in [0.25, 0.3) is 0 Å². The van der Waals surface area contributed by atoms with Gasteiger partial charge in [0.15, 0.2) is 0 Å². The van der Waals surface area contributed by atoms with Gasteiger partial charge in [-0.05, 0) is 23.8 Å². The number of nitrogens with zero attached hydrogens (tertiary/aromatic N) is 1. The number of hydrogen-bond acceptors (Lipinski definition) is 2. The summed E-state index contributed by atoms with van der Waals surface area (Å²) in [4.78, 5) is 4.28. The number of hydrogen-bond donors (Lipinski definition) is 1.